The van der Waals surface area contributed by atoms with Crippen LogP contribution in [0.3, 0.4) is 0 Å². The highest BCUT2D eigenvalue weighted by Gasteiger charge is 2.52. The monoisotopic (exact) mass is 638 g/mol. The fourth-order valence-corrected chi connectivity index (χ4v) is 5.69. The van der Waals surface area contributed by atoms with Crippen LogP contribution in [0.2, 0.25) is 0 Å². The van der Waals surface area contributed by atoms with E-state index in [9.17, 15) is 48.3 Å². The van der Waals surface area contributed by atoms with Gasteiger partial charge in [0, 0.05) is 36.4 Å². The number of hydrogen-bond acceptors (Lipinski definition) is 6. The van der Waals surface area contributed by atoms with Crippen LogP contribution in [-0.4, -0.2) is 41.9 Å². The highest BCUT2D eigenvalue weighted by Crippen LogP contribution is 2.42. The number of benzene rings is 2. The molecule has 17 heteroatoms. The van der Waals surface area contributed by atoms with E-state index in [1.807, 2.05) is 0 Å². The van der Waals surface area contributed by atoms with Gasteiger partial charge < -0.3 is 15.4 Å². The molecule has 1 amide bonds. The van der Waals surface area contributed by atoms with Crippen LogP contribution in [0.4, 0.5) is 45.6 Å². The molecule has 4 rings (SSSR count). The summed E-state index contributed by atoms with van der Waals surface area (Å²) in [7, 11) is -6.12. The molecule has 3 aromatic rings. The number of primary amides is 1. The summed E-state index contributed by atoms with van der Waals surface area (Å²) in [5, 5.41) is 0. The molecule has 0 radical (unpaired) electrons. The van der Waals surface area contributed by atoms with Gasteiger partial charge in [-0.1, -0.05) is 18.2 Å². The van der Waals surface area contributed by atoms with Crippen molar-refractivity contribution in [3.05, 3.63) is 88.7 Å². The molecule has 0 saturated heterocycles. The predicted octanol–water partition coefficient (Wildman–Crippen LogP) is 5.51. The number of sulfonamides is 1. The van der Waals surface area contributed by atoms with E-state index in [0.29, 0.717) is 17.8 Å². The Labute approximate surface area is 239 Å². The van der Waals surface area contributed by atoms with Crippen molar-refractivity contribution in [2.75, 3.05) is 11.4 Å². The van der Waals surface area contributed by atoms with Crippen molar-refractivity contribution in [2.24, 2.45) is 5.73 Å². The first kappa shape index (κ1) is 31.9. The molecule has 232 valence electrons. The summed E-state index contributed by atoms with van der Waals surface area (Å²) in [6, 6.07) is 7.59. The van der Waals surface area contributed by atoms with Gasteiger partial charge in [-0.15, -0.1) is 0 Å². The van der Waals surface area contributed by atoms with Crippen LogP contribution in [0.25, 0.3) is 0 Å². The van der Waals surface area contributed by atoms with Gasteiger partial charge in [-0.2, -0.15) is 30.6 Å². The molecule has 1 atom stereocenters. The highest BCUT2D eigenvalue weighted by molar-refractivity contribution is 7.89. The largest absolute Gasteiger partial charge is 0.511 e. The number of aryl methyl sites for hydroxylation is 1. The van der Waals surface area contributed by atoms with Crippen molar-refractivity contribution in [3.8, 4) is 5.75 Å². The minimum atomic E-state index is -6.12. The second-order valence-electron chi connectivity index (χ2n) is 9.52. The van der Waals surface area contributed by atoms with Crippen LogP contribution in [-0.2, 0) is 35.7 Å². The van der Waals surface area contributed by atoms with E-state index >= 15 is 0 Å². The summed E-state index contributed by atoms with van der Waals surface area (Å²) in [6.45, 7) is -2.64. The van der Waals surface area contributed by atoms with Crippen molar-refractivity contribution in [3.63, 3.8) is 0 Å². The van der Waals surface area contributed by atoms with Gasteiger partial charge >= 0.3 is 27.8 Å². The molecule has 2 aromatic carbocycles. The van der Waals surface area contributed by atoms with Crippen molar-refractivity contribution < 1.29 is 53.1 Å². The van der Waals surface area contributed by atoms with Crippen LogP contribution < -0.4 is 15.4 Å². The molecule has 0 fully saturated rings. The molecule has 0 bridgehead atoms. The lowest BCUT2D eigenvalue weighted by Crippen LogP contribution is -2.47. The third kappa shape index (κ3) is 7.15. The molecule has 2 heterocycles. The number of nitrogens with zero attached hydrogens (tertiary/aromatic N) is 3. The van der Waals surface area contributed by atoms with Crippen LogP contribution in [0, 0.1) is 11.6 Å². The number of fused-ring (bicyclic) bond motifs is 1. The maximum absolute atomic E-state index is 14.2. The molecular formula is C26H22F8N4O4S. The maximum atomic E-state index is 14.2. The Hall–Kier alpha value is -3.99. The van der Waals surface area contributed by atoms with E-state index in [1.165, 1.54) is 23.1 Å². The second kappa shape index (κ2) is 11.9. The molecule has 1 aliphatic heterocycles. The van der Waals surface area contributed by atoms with Gasteiger partial charge in [-0.05, 0) is 42.7 Å². The lowest BCUT2D eigenvalue weighted by atomic mass is 10.0. The molecular weight excluding hydrogens is 616 g/mol. The average molecular weight is 639 g/mol. The lowest BCUT2D eigenvalue weighted by molar-refractivity contribution is -0.138. The zero-order valence-corrected chi connectivity index (χ0v) is 22.6. The second-order valence-corrected chi connectivity index (χ2v) is 11.4. The molecule has 8 nitrogen and oxygen atoms in total. The van der Waals surface area contributed by atoms with Crippen LogP contribution >= 0.6 is 0 Å². The van der Waals surface area contributed by atoms with Crippen LogP contribution in [0.15, 0.2) is 54.7 Å². The number of nitrogens with two attached hydrogens (primary N) is 1. The summed E-state index contributed by atoms with van der Waals surface area (Å²) in [6.07, 6.45) is -5.86. The quantitative estimate of drug-likeness (QED) is 0.343. The molecule has 0 aliphatic carbocycles. The van der Waals surface area contributed by atoms with Gasteiger partial charge in [-0.3, -0.25) is 4.98 Å². The van der Waals surface area contributed by atoms with Crippen LogP contribution in [0.1, 0.15) is 28.8 Å². The number of rotatable bonds is 7. The number of halogens is 8. The molecule has 1 unspecified atom stereocenters. The summed E-state index contributed by atoms with van der Waals surface area (Å²) in [5.41, 5.74) is -2.82. The van der Waals surface area contributed by atoms with E-state index in [-0.39, 0.29) is 28.5 Å². The first-order chi connectivity index (χ1) is 20.0. The van der Waals surface area contributed by atoms with Gasteiger partial charge in [0.15, 0.2) is 11.6 Å². The van der Waals surface area contributed by atoms with Crippen molar-refractivity contribution >= 4 is 21.8 Å². The Morgan fingerprint density at radius 1 is 1.05 bits per heavy atom. The molecule has 43 heavy (non-hydrogen) atoms. The van der Waals surface area contributed by atoms with Crippen molar-refractivity contribution in [1.82, 2.24) is 9.29 Å². The number of hydrogen-bond donors (Lipinski definition) is 1. The number of carbonyl (C=O) groups excluding carboxylic acids is 1. The van der Waals surface area contributed by atoms with Crippen molar-refractivity contribution in [2.45, 2.75) is 43.7 Å². The molecule has 1 aliphatic rings. The third-order valence-electron chi connectivity index (χ3n) is 6.69. The standard InChI is InChI=1S/C26H22F8N4O4S/c27-16-7-4-15(5-8-16)6-9-18-13-37(43(40,41)26(32,33)34)14-19-20(25(29,30)31)2-1-3-22(19)38(18)12-17-10-23(42-24(35)39)21(28)11-36-17/h1-5,7-8,10-11,18H,6,9,12-14H2,(H2,35,39). The van der Waals surface area contributed by atoms with E-state index < -0.39 is 82.0 Å². The molecule has 2 N–H and O–H groups in total. The van der Waals surface area contributed by atoms with Gasteiger partial charge in [0.1, 0.15) is 5.82 Å². The Kier molecular flexibility index (Phi) is 8.87. The minimum absolute atomic E-state index is 0.0581. The van der Waals surface area contributed by atoms with E-state index in [0.717, 1.165) is 24.3 Å². The first-order valence-electron chi connectivity index (χ1n) is 12.4. The SMILES string of the molecule is NC(=O)Oc1cc(CN2c3cccc(C(F)(F)F)c3CN(S(=O)(=O)C(F)(F)F)CC2CCc2ccc(F)cc2)ncc1F. The van der Waals surface area contributed by atoms with E-state index in [4.69, 9.17) is 5.73 Å². The predicted molar refractivity (Wildman–Crippen MR) is 136 cm³/mol. The Bertz CT molecular complexity index is 1600. The Balaban J connectivity index is 1.87. The zero-order valence-electron chi connectivity index (χ0n) is 21.8. The average Bonchev–Trinajstić information content (AvgIpc) is 3.06. The summed E-state index contributed by atoms with van der Waals surface area (Å²) >= 11 is 0. The fraction of sp³-hybridized carbons (Fsp3) is 0.308. The topological polar surface area (TPSA) is 106 Å². The number of amides is 1. The fourth-order valence-electron chi connectivity index (χ4n) is 4.73. The van der Waals surface area contributed by atoms with E-state index in [1.54, 1.807) is 0 Å². The highest BCUT2D eigenvalue weighted by atomic mass is 32.2. The van der Waals surface area contributed by atoms with Gasteiger partial charge in [-0.25, -0.2) is 22.0 Å². The van der Waals surface area contributed by atoms with Crippen LogP contribution in [0.5, 0.6) is 5.75 Å². The molecule has 1 aromatic heterocycles. The number of carbonyl (C=O) groups is 1. The number of alkyl halides is 6. The molecule has 0 saturated carbocycles. The summed E-state index contributed by atoms with van der Waals surface area (Å²) < 4.78 is 141. The number of pyridine rings is 1. The Morgan fingerprint density at radius 2 is 1.72 bits per heavy atom. The number of anilines is 1. The zero-order chi connectivity index (χ0) is 31.7. The summed E-state index contributed by atoms with van der Waals surface area (Å²) in [4.78, 5) is 16.3. The van der Waals surface area contributed by atoms with Gasteiger partial charge in [0.05, 0.1) is 24.0 Å². The minimum Gasteiger partial charge on any atom is -0.407 e. The number of ether oxygens (including phenoxy) is 1. The third-order valence-corrected chi connectivity index (χ3v) is 8.23. The lowest BCUT2D eigenvalue weighted by Gasteiger charge is -2.34. The van der Waals surface area contributed by atoms with Gasteiger partial charge in [0.25, 0.3) is 0 Å². The summed E-state index contributed by atoms with van der Waals surface area (Å²) in [5.74, 6) is -2.33. The Morgan fingerprint density at radius 3 is 2.33 bits per heavy atom. The maximum Gasteiger partial charge on any atom is 0.511 e. The van der Waals surface area contributed by atoms with Gasteiger partial charge in [0.2, 0.25) is 0 Å². The van der Waals surface area contributed by atoms with E-state index in [2.05, 4.69) is 9.72 Å². The first-order valence-corrected chi connectivity index (χ1v) is 13.8. The normalized spacial score (nSPS) is 16.5. The smallest absolute Gasteiger partial charge is 0.407 e. The molecule has 0 spiro atoms. The number of aromatic nitrogens is 1. The van der Waals surface area contributed by atoms with Crippen molar-refractivity contribution in [1.29, 1.82) is 0 Å².